The van der Waals surface area contributed by atoms with Crippen molar-refractivity contribution in [1.82, 2.24) is 4.90 Å². The van der Waals surface area contributed by atoms with E-state index in [1.165, 1.54) is 80.2 Å². The molecular formula is C34H53N3O. The molecule has 0 spiro atoms. The zero-order valence-corrected chi connectivity index (χ0v) is 24.5. The second kappa shape index (κ2) is 16.7. The molecule has 1 aliphatic rings. The first-order valence-electron chi connectivity index (χ1n) is 15.4. The molecule has 4 nitrogen and oxygen atoms in total. The summed E-state index contributed by atoms with van der Waals surface area (Å²) in [7, 11) is 2.24. The molecule has 0 bridgehead atoms. The van der Waals surface area contributed by atoms with Gasteiger partial charge in [-0.2, -0.15) is 0 Å². The van der Waals surface area contributed by atoms with Crippen molar-refractivity contribution >= 4 is 11.6 Å². The first-order chi connectivity index (χ1) is 18.5. The second-order valence-electron chi connectivity index (χ2n) is 11.6. The van der Waals surface area contributed by atoms with E-state index in [2.05, 4.69) is 67.5 Å². The molecule has 0 fully saturated rings. The van der Waals surface area contributed by atoms with Crippen LogP contribution in [0.4, 0.5) is 5.69 Å². The molecule has 0 saturated heterocycles. The van der Waals surface area contributed by atoms with Crippen molar-refractivity contribution in [2.75, 3.05) is 32.0 Å². The van der Waals surface area contributed by atoms with Gasteiger partial charge in [0.05, 0.1) is 0 Å². The quantitative estimate of drug-likeness (QED) is 0.219. The van der Waals surface area contributed by atoms with Crippen LogP contribution in [0.1, 0.15) is 99.5 Å². The largest absolute Gasteiger partial charge is 0.330 e. The van der Waals surface area contributed by atoms with Crippen molar-refractivity contribution in [3.05, 3.63) is 64.2 Å². The van der Waals surface area contributed by atoms with Gasteiger partial charge in [0.25, 0.3) is 0 Å². The number of anilines is 1. The van der Waals surface area contributed by atoms with E-state index in [9.17, 15) is 4.79 Å². The molecule has 1 amide bonds. The van der Waals surface area contributed by atoms with Crippen molar-refractivity contribution in [2.45, 2.75) is 104 Å². The Kier molecular flexibility index (Phi) is 13.4. The van der Waals surface area contributed by atoms with Gasteiger partial charge in [-0.15, -0.1) is 0 Å². The number of amides is 1. The van der Waals surface area contributed by atoms with E-state index in [0.29, 0.717) is 0 Å². The first kappa shape index (κ1) is 30.4. The molecule has 0 radical (unpaired) electrons. The minimum atomic E-state index is -0.0587. The fourth-order valence-corrected chi connectivity index (χ4v) is 5.82. The second-order valence-corrected chi connectivity index (χ2v) is 11.6. The topological polar surface area (TPSA) is 58.4 Å². The number of carbonyl (C=O) groups is 1. The zero-order chi connectivity index (χ0) is 27.2. The van der Waals surface area contributed by atoms with Gasteiger partial charge in [-0.25, -0.2) is 0 Å². The Balaban J connectivity index is 1.47. The lowest BCUT2D eigenvalue weighted by Gasteiger charge is -2.24. The van der Waals surface area contributed by atoms with E-state index in [1.807, 2.05) is 0 Å². The number of carbonyl (C=O) groups excluding carboxylic acids is 1. The molecule has 4 heteroatoms. The molecule has 38 heavy (non-hydrogen) atoms. The number of nitrogens with two attached hydrogens (primary N) is 1. The number of hydrogen-bond donors (Lipinski definition) is 2. The summed E-state index contributed by atoms with van der Waals surface area (Å²) in [6, 6.07) is 13.1. The van der Waals surface area contributed by atoms with Crippen LogP contribution < -0.4 is 11.1 Å². The molecular weight excluding hydrogens is 466 g/mol. The molecule has 2 aromatic carbocycles. The van der Waals surface area contributed by atoms with Gasteiger partial charge in [0, 0.05) is 11.6 Å². The third-order valence-electron chi connectivity index (χ3n) is 8.22. The summed E-state index contributed by atoms with van der Waals surface area (Å²) < 4.78 is 0. The Morgan fingerprint density at radius 3 is 2.26 bits per heavy atom. The van der Waals surface area contributed by atoms with Crippen LogP contribution in [0.5, 0.6) is 0 Å². The minimum Gasteiger partial charge on any atom is -0.330 e. The highest BCUT2D eigenvalue weighted by atomic mass is 16.1. The van der Waals surface area contributed by atoms with Crippen LogP contribution in [-0.4, -0.2) is 37.5 Å². The Bertz CT molecular complexity index is 968. The van der Waals surface area contributed by atoms with Crippen LogP contribution >= 0.6 is 0 Å². The summed E-state index contributed by atoms with van der Waals surface area (Å²) >= 11 is 0. The molecule has 0 saturated carbocycles. The molecule has 0 aromatic heterocycles. The van der Waals surface area contributed by atoms with Gasteiger partial charge in [0.2, 0.25) is 5.91 Å². The van der Waals surface area contributed by atoms with Gasteiger partial charge in [0.1, 0.15) is 0 Å². The SMILES string of the molecule is CCCCCCN(C)CCCc1ccc(NC(=O)[C@@H](C)Cc2ccc(CCCCN)c3c2CCCC3)cc1. The lowest BCUT2D eigenvalue weighted by Crippen LogP contribution is -2.23. The monoisotopic (exact) mass is 519 g/mol. The van der Waals surface area contributed by atoms with Crippen LogP contribution in [-0.2, 0) is 36.9 Å². The molecule has 0 aliphatic heterocycles. The third-order valence-corrected chi connectivity index (χ3v) is 8.22. The number of hydrogen-bond acceptors (Lipinski definition) is 3. The van der Waals surface area contributed by atoms with Crippen LogP contribution in [0, 0.1) is 5.92 Å². The Hall–Kier alpha value is -2.17. The summed E-state index contributed by atoms with van der Waals surface area (Å²) in [6.45, 7) is 7.43. The van der Waals surface area contributed by atoms with E-state index in [0.717, 1.165) is 57.3 Å². The smallest absolute Gasteiger partial charge is 0.227 e. The summed E-state index contributed by atoms with van der Waals surface area (Å²) in [6.07, 6.45) is 16.6. The first-order valence-corrected chi connectivity index (χ1v) is 15.4. The maximum absolute atomic E-state index is 13.1. The number of benzene rings is 2. The van der Waals surface area contributed by atoms with Gasteiger partial charge in [-0.05, 0) is 137 Å². The predicted octanol–water partition coefficient (Wildman–Crippen LogP) is 7.11. The summed E-state index contributed by atoms with van der Waals surface area (Å²) in [5.41, 5.74) is 13.9. The van der Waals surface area contributed by atoms with Gasteiger partial charge in [0.15, 0.2) is 0 Å². The highest BCUT2D eigenvalue weighted by Crippen LogP contribution is 2.30. The van der Waals surface area contributed by atoms with Crippen molar-refractivity contribution < 1.29 is 4.79 Å². The predicted molar refractivity (Wildman–Crippen MR) is 163 cm³/mol. The fraction of sp³-hybridized carbons (Fsp3) is 0.618. The Morgan fingerprint density at radius 2 is 1.55 bits per heavy atom. The number of fused-ring (bicyclic) bond motifs is 1. The molecule has 2 aromatic rings. The lowest BCUT2D eigenvalue weighted by atomic mass is 9.81. The third kappa shape index (κ3) is 9.85. The fourth-order valence-electron chi connectivity index (χ4n) is 5.82. The molecule has 0 heterocycles. The number of nitrogens with one attached hydrogen (secondary N) is 1. The Morgan fingerprint density at radius 1 is 0.868 bits per heavy atom. The van der Waals surface area contributed by atoms with E-state index in [1.54, 1.807) is 5.56 Å². The van der Waals surface area contributed by atoms with Crippen molar-refractivity contribution in [3.8, 4) is 0 Å². The Labute approximate surface area is 232 Å². The highest BCUT2D eigenvalue weighted by molar-refractivity contribution is 5.92. The molecule has 3 rings (SSSR count). The molecule has 210 valence electrons. The number of rotatable bonds is 17. The van der Waals surface area contributed by atoms with Gasteiger partial charge in [-0.1, -0.05) is 57.4 Å². The number of nitrogens with zero attached hydrogens (tertiary/aromatic N) is 1. The van der Waals surface area contributed by atoms with Crippen molar-refractivity contribution in [2.24, 2.45) is 11.7 Å². The molecule has 1 atom stereocenters. The molecule has 3 N–H and O–H groups in total. The molecule has 0 unspecified atom stereocenters. The van der Waals surface area contributed by atoms with E-state index in [4.69, 9.17) is 5.73 Å². The maximum atomic E-state index is 13.1. The minimum absolute atomic E-state index is 0.0587. The van der Waals surface area contributed by atoms with Gasteiger partial charge in [-0.3, -0.25) is 4.79 Å². The van der Waals surface area contributed by atoms with E-state index < -0.39 is 0 Å². The number of aryl methyl sites for hydroxylation is 2. The standard InChI is InChI=1S/C34H53N3O/c1-4-5-6-11-24-37(3)25-12-13-28-17-21-31(22-18-28)36-34(38)27(2)26-30-20-19-29(14-9-10-23-35)32-15-7-8-16-33(30)32/h17-22,27H,4-16,23-26,35H2,1-3H3,(H,36,38)/t27-/m0/s1. The van der Waals surface area contributed by atoms with E-state index in [-0.39, 0.29) is 11.8 Å². The normalized spacial score (nSPS) is 13.9. The van der Waals surface area contributed by atoms with Crippen LogP contribution in [0.3, 0.4) is 0 Å². The maximum Gasteiger partial charge on any atom is 0.227 e. The summed E-state index contributed by atoms with van der Waals surface area (Å²) in [5.74, 6) is 0.0516. The van der Waals surface area contributed by atoms with Crippen LogP contribution in [0.15, 0.2) is 36.4 Å². The van der Waals surface area contributed by atoms with Gasteiger partial charge < -0.3 is 16.0 Å². The molecule has 1 aliphatic carbocycles. The summed E-state index contributed by atoms with van der Waals surface area (Å²) in [5, 5.41) is 3.16. The van der Waals surface area contributed by atoms with Crippen LogP contribution in [0.25, 0.3) is 0 Å². The average molecular weight is 520 g/mol. The van der Waals surface area contributed by atoms with Crippen LogP contribution in [0.2, 0.25) is 0 Å². The van der Waals surface area contributed by atoms with Crippen molar-refractivity contribution in [1.29, 1.82) is 0 Å². The van der Waals surface area contributed by atoms with Crippen molar-refractivity contribution in [3.63, 3.8) is 0 Å². The number of unbranched alkanes of at least 4 members (excludes halogenated alkanes) is 4. The summed E-state index contributed by atoms with van der Waals surface area (Å²) in [4.78, 5) is 15.5. The highest BCUT2D eigenvalue weighted by Gasteiger charge is 2.20. The lowest BCUT2D eigenvalue weighted by molar-refractivity contribution is -0.119. The zero-order valence-electron chi connectivity index (χ0n) is 24.5. The average Bonchev–Trinajstić information content (AvgIpc) is 2.93. The van der Waals surface area contributed by atoms with Gasteiger partial charge >= 0.3 is 0 Å². The van der Waals surface area contributed by atoms with E-state index >= 15 is 0 Å².